The number of hydrogen-bond acceptors (Lipinski definition) is 3. The number of amides is 1. The summed E-state index contributed by atoms with van der Waals surface area (Å²) in [6, 6.07) is 0. The maximum absolute atomic E-state index is 13.7. The molecule has 0 aromatic carbocycles. The molecule has 2 unspecified atom stereocenters. The Kier molecular flexibility index (Phi) is 2.66. The minimum Gasteiger partial charge on any atom is -0.336 e. The number of carbonyl (C=O) groups excluding carboxylic acids is 1. The Morgan fingerprint density at radius 1 is 1.44 bits per heavy atom. The second kappa shape index (κ2) is 3.98. The summed E-state index contributed by atoms with van der Waals surface area (Å²) in [6.45, 7) is 2.16. The Bertz CT molecular complexity index is 472. The van der Waals surface area contributed by atoms with Gasteiger partial charge in [-0.05, 0) is 19.8 Å². The SMILES string of the molecule is Cc1nc(C(=O)N2CC3CCC(C2)C3(F)F)cs1. The van der Waals surface area contributed by atoms with Crippen molar-refractivity contribution in [1.82, 2.24) is 9.88 Å². The van der Waals surface area contributed by atoms with Crippen LogP contribution < -0.4 is 0 Å². The van der Waals surface area contributed by atoms with E-state index in [9.17, 15) is 13.6 Å². The second-order valence-corrected chi connectivity index (χ2v) is 6.17. The molecule has 0 radical (unpaired) electrons. The molecule has 1 saturated heterocycles. The summed E-state index contributed by atoms with van der Waals surface area (Å²) in [7, 11) is 0. The van der Waals surface area contributed by atoms with Crippen LogP contribution in [0.15, 0.2) is 5.38 Å². The van der Waals surface area contributed by atoms with Crippen LogP contribution in [0.4, 0.5) is 8.78 Å². The zero-order valence-corrected chi connectivity index (χ0v) is 10.8. The highest BCUT2D eigenvalue weighted by Gasteiger charge is 2.56. The molecule has 6 heteroatoms. The van der Waals surface area contributed by atoms with E-state index in [0.717, 1.165) is 5.01 Å². The number of rotatable bonds is 1. The number of fused-ring (bicyclic) bond motifs is 2. The Labute approximate surface area is 108 Å². The van der Waals surface area contributed by atoms with Gasteiger partial charge in [-0.2, -0.15) is 0 Å². The van der Waals surface area contributed by atoms with Gasteiger partial charge in [0.05, 0.1) is 5.01 Å². The zero-order chi connectivity index (χ0) is 12.9. The highest BCUT2D eigenvalue weighted by molar-refractivity contribution is 7.09. The van der Waals surface area contributed by atoms with Gasteiger partial charge in [-0.1, -0.05) is 0 Å². The number of piperidine rings is 1. The molecule has 1 aromatic rings. The lowest BCUT2D eigenvalue weighted by molar-refractivity contribution is -0.110. The summed E-state index contributed by atoms with van der Waals surface area (Å²) in [5.74, 6) is -4.12. The van der Waals surface area contributed by atoms with E-state index in [0.29, 0.717) is 18.5 Å². The molecule has 2 aliphatic rings. The van der Waals surface area contributed by atoms with Gasteiger partial charge in [0.1, 0.15) is 5.69 Å². The molecule has 0 N–H and O–H groups in total. The minimum atomic E-state index is -2.59. The molecule has 18 heavy (non-hydrogen) atoms. The van der Waals surface area contributed by atoms with E-state index in [1.54, 1.807) is 10.3 Å². The summed E-state index contributed by atoms with van der Waals surface area (Å²) < 4.78 is 27.5. The number of alkyl halides is 2. The largest absolute Gasteiger partial charge is 0.336 e. The predicted octanol–water partition coefficient (Wildman–Crippen LogP) is 2.57. The van der Waals surface area contributed by atoms with Crippen molar-refractivity contribution in [2.24, 2.45) is 11.8 Å². The van der Waals surface area contributed by atoms with Crippen LogP contribution in [0, 0.1) is 18.8 Å². The second-order valence-electron chi connectivity index (χ2n) is 5.11. The first-order chi connectivity index (χ1) is 8.48. The van der Waals surface area contributed by atoms with Gasteiger partial charge in [0.25, 0.3) is 11.8 Å². The van der Waals surface area contributed by atoms with Crippen LogP contribution in [0.3, 0.4) is 0 Å². The fourth-order valence-corrected chi connectivity index (χ4v) is 3.53. The van der Waals surface area contributed by atoms with Crippen molar-refractivity contribution in [3.63, 3.8) is 0 Å². The Morgan fingerprint density at radius 3 is 2.56 bits per heavy atom. The van der Waals surface area contributed by atoms with Crippen molar-refractivity contribution in [3.05, 3.63) is 16.1 Å². The van der Waals surface area contributed by atoms with E-state index in [-0.39, 0.29) is 19.0 Å². The molecule has 98 valence electrons. The first-order valence-corrected chi connectivity index (χ1v) is 6.95. The van der Waals surface area contributed by atoms with Gasteiger partial charge in [-0.25, -0.2) is 13.8 Å². The van der Waals surface area contributed by atoms with E-state index < -0.39 is 17.8 Å². The Balaban J connectivity index is 1.78. The monoisotopic (exact) mass is 272 g/mol. The molecule has 1 amide bonds. The first kappa shape index (κ1) is 12.0. The van der Waals surface area contributed by atoms with Gasteiger partial charge in [0, 0.05) is 30.3 Å². The molecule has 0 spiro atoms. The van der Waals surface area contributed by atoms with Crippen LogP contribution in [0.1, 0.15) is 28.3 Å². The molecule has 2 bridgehead atoms. The van der Waals surface area contributed by atoms with Crippen molar-refractivity contribution in [2.45, 2.75) is 25.7 Å². The maximum atomic E-state index is 13.7. The van der Waals surface area contributed by atoms with Crippen LogP contribution in [0.25, 0.3) is 0 Å². The lowest BCUT2D eigenvalue weighted by atomic mass is 9.93. The van der Waals surface area contributed by atoms with Gasteiger partial charge in [-0.15, -0.1) is 11.3 Å². The van der Waals surface area contributed by atoms with Gasteiger partial charge >= 0.3 is 0 Å². The molecule has 1 aromatic heterocycles. The maximum Gasteiger partial charge on any atom is 0.273 e. The highest BCUT2D eigenvalue weighted by Crippen LogP contribution is 2.48. The third-order valence-corrected chi connectivity index (χ3v) is 4.73. The summed E-state index contributed by atoms with van der Waals surface area (Å²) in [5.41, 5.74) is 0.391. The number of thiazole rings is 1. The fraction of sp³-hybridized carbons (Fsp3) is 0.667. The van der Waals surface area contributed by atoms with Crippen molar-refractivity contribution >= 4 is 17.2 Å². The van der Waals surface area contributed by atoms with Crippen molar-refractivity contribution < 1.29 is 13.6 Å². The smallest absolute Gasteiger partial charge is 0.273 e. The molecular formula is C12H14F2N2OS. The average Bonchev–Trinajstić information content (AvgIpc) is 2.75. The first-order valence-electron chi connectivity index (χ1n) is 6.07. The predicted molar refractivity (Wildman–Crippen MR) is 63.9 cm³/mol. The lowest BCUT2D eigenvalue weighted by Crippen LogP contribution is -2.50. The van der Waals surface area contributed by atoms with Crippen LogP contribution in [-0.4, -0.2) is 34.8 Å². The van der Waals surface area contributed by atoms with Gasteiger partial charge in [0.15, 0.2) is 0 Å². The third-order valence-electron chi connectivity index (χ3n) is 3.96. The third kappa shape index (κ3) is 1.74. The highest BCUT2D eigenvalue weighted by atomic mass is 32.1. The van der Waals surface area contributed by atoms with Crippen LogP contribution in [-0.2, 0) is 0 Å². The van der Waals surface area contributed by atoms with E-state index in [4.69, 9.17) is 0 Å². The Morgan fingerprint density at radius 2 is 2.06 bits per heavy atom. The zero-order valence-electron chi connectivity index (χ0n) is 10.0. The number of aromatic nitrogens is 1. The summed E-state index contributed by atoms with van der Waals surface area (Å²) >= 11 is 1.41. The standard InChI is InChI=1S/C12H14F2N2OS/c1-7-15-10(6-18-7)11(17)16-4-8-2-3-9(5-16)12(8,13)14/h6,8-9H,2-5H2,1H3. The molecule has 3 nitrogen and oxygen atoms in total. The van der Waals surface area contributed by atoms with Gasteiger partial charge in [0.2, 0.25) is 0 Å². The number of likely N-dealkylation sites (tertiary alicyclic amines) is 1. The van der Waals surface area contributed by atoms with Crippen LogP contribution in [0.5, 0.6) is 0 Å². The lowest BCUT2D eigenvalue weighted by Gasteiger charge is -2.37. The molecule has 1 aliphatic heterocycles. The average molecular weight is 272 g/mol. The number of carbonyl (C=O) groups is 1. The van der Waals surface area contributed by atoms with Gasteiger partial charge in [-0.3, -0.25) is 4.79 Å². The summed E-state index contributed by atoms with van der Waals surface area (Å²) in [5, 5.41) is 2.52. The quantitative estimate of drug-likeness (QED) is 0.787. The summed E-state index contributed by atoms with van der Waals surface area (Å²) in [4.78, 5) is 17.9. The topological polar surface area (TPSA) is 33.2 Å². The fourth-order valence-electron chi connectivity index (χ4n) is 2.94. The molecular weight excluding hydrogens is 258 g/mol. The van der Waals surface area contributed by atoms with Crippen molar-refractivity contribution in [2.75, 3.05) is 13.1 Å². The van der Waals surface area contributed by atoms with E-state index in [1.165, 1.54) is 11.3 Å². The molecule has 1 saturated carbocycles. The van der Waals surface area contributed by atoms with Gasteiger partial charge < -0.3 is 4.90 Å². The van der Waals surface area contributed by atoms with Crippen molar-refractivity contribution in [3.8, 4) is 0 Å². The number of halogens is 2. The van der Waals surface area contributed by atoms with E-state index in [1.807, 2.05) is 6.92 Å². The van der Waals surface area contributed by atoms with Crippen LogP contribution in [0.2, 0.25) is 0 Å². The van der Waals surface area contributed by atoms with Crippen molar-refractivity contribution in [1.29, 1.82) is 0 Å². The molecule has 2 heterocycles. The molecule has 3 rings (SSSR count). The number of nitrogens with zero attached hydrogens (tertiary/aromatic N) is 2. The van der Waals surface area contributed by atoms with E-state index in [2.05, 4.69) is 4.98 Å². The molecule has 1 aliphatic carbocycles. The van der Waals surface area contributed by atoms with Crippen LogP contribution >= 0.6 is 11.3 Å². The number of hydrogen-bond donors (Lipinski definition) is 0. The molecule has 2 fully saturated rings. The van der Waals surface area contributed by atoms with E-state index >= 15 is 0 Å². The Hall–Kier alpha value is -1.04. The molecule has 2 atom stereocenters. The summed E-state index contributed by atoms with van der Waals surface area (Å²) in [6.07, 6.45) is 1.05. The number of aryl methyl sites for hydroxylation is 1. The normalized spacial score (nSPS) is 29.6. The minimum absolute atomic E-state index is 0.166.